The van der Waals surface area contributed by atoms with Gasteiger partial charge in [-0.2, -0.15) is 0 Å². The minimum absolute atomic E-state index is 0.239. The summed E-state index contributed by atoms with van der Waals surface area (Å²) in [6.45, 7) is 4.77. The van der Waals surface area contributed by atoms with E-state index in [9.17, 15) is 0 Å². The number of para-hydroxylation sites is 3. The third-order valence-corrected chi connectivity index (χ3v) is 12.3. The Morgan fingerprint density at radius 2 is 1.00 bits per heavy atom. The maximum Gasteiger partial charge on any atom is 0.135 e. The van der Waals surface area contributed by atoms with Crippen LogP contribution in [0.3, 0.4) is 0 Å². The maximum absolute atomic E-state index is 6.23. The van der Waals surface area contributed by atoms with Gasteiger partial charge in [-0.15, -0.1) is 0 Å². The number of fused-ring (bicyclic) bond motifs is 14. The molecule has 0 saturated carbocycles. The van der Waals surface area contributed by atoms with E-state index in [0.29, 0.717) is 0 Å². The molecule has 0 atom stereocenters. The maximum atomic E-state index is 6.23. The summed E-state index contributed by atoms with van der Waals surface area (Å²) in [7, 11) is 0. The predicted molar refractivity (Wildman–Crippen MR) is 235 cm³/mol. The number of hydrogen-bond acceptors (Lipinski definition) is 2. The van der Waals surface area contributed by atoms with Gasteiger partial charge in [0.2, 0.25) is 0 Å². The van der Waals surface area contributed by atoms with Crippen LogP contribution in [0.5, 0.6) is 0 Å². The molecule has 0 bridgehead atoms. The summed E-state index contributed by atoms with van der Waals surface area (Å²) in [5.41, 5.74) is 13.8. The number of nitrogens with zero attached hydrogens (tertiary/aromatic N) is 2. The van der Waals surface area contributed by atoms with E-state index in [0.717, 1.165) is 39.0 Å². The fourth-order valence-electron chi connectivity index (χ4n) is 9.77. The zero-order valence-corrected chi connectivity index (χ0v) is 31.1. The molecule has 0 saturated heterocycles. The van der Waals surface area contributed by atoms with Crippen molar-refractivity contribution in [2.75, 3.05) is 4.90 Å². The number of aromatic nitrogens is 1. The third-order valence-electron chi connectivity index (χ3n) is 12.3. The van der Waals surface area contributed by atoms with Crippen molar-refractivity contribution >= 4 is 82.4 Å². The molecule has 1 aliphatic carbocycles. The van der Waals surface area contributed by atoms with E-state index in [1.165, 1.54) is 71.3 Å². The van der Waals surface area contributed by atoms with Gasteiger partial charge < -0.3 is 13.9 Å². The lowest BCUT2D eigenvalue weighted by molar-refractivity contribution is 0.660. The quantitative estimate of drug-likeness (QED) is 0.169. The molecule has 2 aromatic heterocycles. The molecule has 264 valence electrons. The Bertz CT molecular complexity index is 3400. The molecule has 0 unspecified atom stereocenters. The van der Waals surface area contributed by atoms with E-state index >= 15 is 0 Å². The first-order valence-electron chi connectivity index (χ1n) is 19.4. The van der Waals surface area contributed by atoms with E-state index in [2.05, 4.69) is 193 Å². The number of anilines is 3. The number of hydrogen-bond donors (Lipinski definition) is 0. The Labute approximate surface area is 324 Å². The molecule has 0 amide bonds. The second-order valence-corrected chi connectivity index (χ2v) is 15.7. The van der Waals surface area contributed by atoms with Crippen LogP contribution in [-0.4, -0.2) is 4.57 Å². The van der Waals surface area contributed by atoms with Crippen LogP contribution in [-0.2, 0) is 5.41 Å². The molecule has 56 heavy (non-hydrogen) atoms. The van der Waals surface area contributed by atoms with E-state index in [4.69, 9.17) is 4.42 Å². The lowest BCUT2D eigenvalue weighted by Crippen LogP contribution is -2.17. The molecule has 12 rings (SSSR count). The molecule has 0 spiro atoms. The lowest BCUT2D eigenvalue weighted by atomic mass is 9.82. The van der Waals surface area contributed by atoms with Crippen molar-refractivity contribution in [3.8, 4) is 16.8 Å². The topological polar surface area (TPSA) is 21.3 Å². The molecule has 3 nitrogen and oxygen atoms in total. The minimum Gasteiger partial charge on any atom is -0.456 e. The van der Waals surface area contributed by atoms with Crippen LogP contribution in [0.25, 0.3) is 82.1 Å². The van der Waals surface area contributed by atoms with E-state index in [-0.39, 0.29) is 5.41 Å². The molecular weight excluding hydrogens is 681 g/mol. The highest BCUT2D eigenvalue weighted by atomic mass is 16.3. The highest BCUT2D eigenvalue weighted by Gasteiger charge is 2.37. The highest BCUT2D eigenvalue weighted by Crippen LogP contribution is 2.52. The Morgan fingerprint density at radius 3 is 1.80 bits per heavy atom. The van der Waals surface area contributed by atoms with Gasteiger partial charge >= 0.3 is 0 Å². The summed E-state index contributed by atoms with van der Waals surface area (Å²) >= 11 is 0. The van der Waals surface area contributed by atoms with Gasteiger partial charge in [0.1, 0.15) is 11.2 Å². The van der Waals surface area contributed by atoms with Crippen LogP contribution in [0.15, 0.2) is 186 Å². The summed E-state index contributed by atoms with van der Waals surface area (Å²) in [5.74, 6) is 0. The first-order valence-corrected chi connectivity index (χ1v) is 19.4. The van der Waals surface area contributed by atoms with Gasteiger partial charge in [0.15, 0.2) is 0 Å². The molecule has 1 aliphatic rings. The molecule has 0 fully saturated rings. The Morgan fingerprint density at radius 1 is 0.429 bits per heavy atom. The average molecular weight is 717 g/mol. The molecule has 11 aromatic rings. The minimum atomic E-state index is -0.239. The van der Waals surface area contributed by atoms with Crippen molar-refractivity contribution in [1.29, 1.82) is 0 Å². The zero-order chi connectivity index (χ0) is 37.1. The molecule has 2 heterocycles. The van der Waals surface area contributed by atoms with Crippen molar-refractivity contribution in [3.05, 3.63) is 193 Å². The van der Waals surface area contributed by atoms with Gasteiger partial charge in [-0.25, -0.2) is 0 Å². The van der Waals surface area contributed by atoms with Crippen LogP contribution < -0.4 is 4.90 Å². The predicted octanol–water partition coefficient (Wildman–Crippen LogP) is 14.8. The normalized spacial score (nSPS) is 13.3. The SMILES string of the molecule is CC1(C)c2cc(N(c3ccccc3)c3ccc4oc5ccccc5c4c3)ccc2-c2ccc(-n3c4ccccc4c4c5ccccc5c5ccccc5c43)cc21. The average Bonchev–Trinajstić information content (AvgIpc) is 3.87. The molecule has 3 heteroatoms. The molecule has 0 aliphatic heterocycles. The molecule has 0 N–H and O–H groups in total. The fraction of sp³-hybridized carbons (Fsp3) is 0.0566. The van der Waals surface area contributed by atoms with Crippen LogP contribution in [0.4, 0.5) is 17.1 Å². The van der Waals surface area contributed by atoms with E-state index in [1.54, 1.807) is 0 Å². The van der Waals surface area contributed by atoms with Crippen molar-refractivity contribution < 1.29 is 4.42 Å². The van der Waals surface area contributed by atoms with Gasteiger partial charge in [-0.1, -0.05) is 129 Å². The van der Waals surface area contributed by atoms with Crippen LogP contribution in [0.2, 0.25) is 0 Å². The van der Waals surface area contributed by atoms with Crippen molar-refractivity contribution in [2.45, 2.75) is 19.3 Å². The smallest absolute Gasteiger partial charge is 0.135 e. The van der Waals surface area contributed by atoms with Gasteiger partial charge in [-0.05, 0) is 105 Å². The second kappa shape index (κ2) is 11.5. The monoisotopic (exact) mass is 716 g/mol. The van der Waals surface area contributed by atoms with Crippen molar-refractivity contribution in [3.63, 3.8) is 0 Å². The third kappa shape index (κ3) is 4.28. The Balaban J connectivity index is 1.04. The summed E-state index contributed by atoms with van der Waals surface area (Å²) in [4.78, 5) is 2.37. The van der Waals surface area contributed by atoms with Crippen LogP contribution in [0, 0.1) is 0 Å². The summed E-state index contributed by atoms with van der Waals surface area (Å²) in [6, 6.07) is 66.4. The van der Waals surface area contributed by atoms with Crippen LogP contribution >= 0.6 is 0 Å². The molecule has 0 radical (unpaired) electrons. The largest absolute Gasteiger partial charge is 0.456 e. The van der Waals surface area contributed by atoms with E-state index < -0.39 is 0 Å². The number of benzene rings is 9. The Kier molecular flexibility index (Phi) is 6.40. The first-order chi connectivity index (χ1) is 27.5. The van der Waals surface area contributed by atoms with Gasteiger partial charge in [-0.3, -0.25) is 0 Å². The second-order valence-electron chi connectivity index (χ2n) is 15.7. The highest BCUT2D eigenvalue weighted by molar-refractivity contribution is 6.32. The zero-order valence-electron chi connectivity index (χ0n) is 31.1. The van der Waals surface area contributed by atoms with Gasteiger partial charge in [0.05, 0.1) is 11.0 Å². The summed E-state index contributed by atoms with van der Waals surface area (Å²) in [6.07, 6.45) is 0. The lowest BCUT2D eigenvalue weighted by Gasteiger charge is -2.28. The van der Waals surface area contributed by atoms with Crippen molar-refractivity contribution in [2.24, 2.45) is 0 Å². The standard InChI is InChI=1S/C53H36N2O/c1-53(2)46-31-35(54(33-14-4-3-5-15-33)34-26-29-50-45(30-34)41-18-11-13-23-49(41)56-50)24-27-39(46)40-28-25-36(32-47(40)53)55-48-22-12-10-21-44(48)51-42-19-8-6-16-37(42)38-17-7-9-20-43(38)52(51)55/h3-32H,1-2H3. The molecular formula is C53H36N2O. The van der Waals surface area contributed by atoms with Crippen molar-refractivity contribution in [1.82, 2.24) is 4.57 Å². The first kappa shape index (κ1) is 31.3. The van der Waals surface area contributed by atoms with Gasteiger partial charge in [0, 0.05) is 55.1 Å². The molecule has 9 aromatic carbocycles. The summed E-state index contributed by atoms with van der Waals surface area (Å²) in [5, 5.41) is 9.97. The number of furan rings is 1. The summed E-state index contributed by atoms with van der Waals surface area (Å²) < 4.78 is 8.74. The Hall–Kier alpha value is -7.10. The van der Waals surface area contributed by atoms with E-state index in [1.807, 2.05) is 12.1 Å². The fourth-order valence-corrected chi connectivity index (χ4v) is 9.77. The van der Waals surface area contributed by atoms with Gasteiger partial charge in [0.25, 0.3) is 0 Å². The number of rotatable bonds is 4. The van der Waals surface area contributed by atoms with Crippen LogP contribution in [0.1, 0.15) is 25.0 Å².